The van der Waals surface area contributed by atoms with Gasteiger partial charge in [0, 0.05) is 24.9 Å². The first-order valence-electron chi connectivity index (χ1n) is 19.1. The van der Waals surface area contributed by atoms with Crippen molar-refractivity contribution in [2.24, 2.45) is 11.0 Å². The standard InChI is InChI=1S/C35H57N9O18/c1-20(2)30(42-32(55)22(5-6-26(46)47)40-33(56)23(17-28(50)51)39-25(45)19-38-43-36)34(57)41-24(18-29(52)53)35(58)44(4)21(3)31(54)37-8-10-60-12-14-62-16-15-61-13-11-59-9-7-27(48)49/h20-24,30H,5-19H2,1-4H3,(H,37,54)(H,39,45)(H,40,56)(H,41,57)(H,42,55)(H,46,47)(H,48,49)(H,50,51)(H,52,53)/t21-,22-,23+,24+,30-/m0/s1. The van der Waals surface area contributed by atoms with Crippen LogP contribution in [0.25, 0.3) is 10.4 Å². The molecule has 0 saturated heterocycles. The Labute approximate surface area is 355 Å². The average Bonchev–Trinajstić information content (AvgIpc) is 3.19. The van der Waals surface area contributed by atoms with Crippen molar-refractivity contribution in [1.82, 2.24) is 31.5 Å². The molecule has 350 valence electrons. The Balaban J connectivity index is 5.41. The van der Waals surface area contributed by atoms with Crippen LogP contribution >= 0.6 is 0 Å². The van der Waals surface area contributed by atoms with Gasteiger partial charge < -0.3 is 70.9 Å². The molecular weight excluding hydrogens is 834 g/mol. The summed E-state index contributed by atoms with van der Waals surface area (Å²) < 4.78 is 21.1. The molecule has 0 aliphatic heterocycles. The van der Waals surface area contributed by atoms with Crippen LogP contribution in [-0.2, 0) is 66.9 Å². The quantitative estimate of drug-likeness (QED) is 0.0134. The fourth-order valence-corrected chi connectivity index (χ4v) is 4.88. The van der Waals surface area contributed by atoms with Gasteiger partial charge in [-0.15, -0.1) is 0 Å². The summed E-state index contributed by atoms with van der Waals surface area (Å²) in [7, 11) is 1.20. The first-order chi connectivity index (χ1) is 29.2. The number of aliphatic carboxylic acids is 4. The fourth-order valence-electron chi connectivity index (χ4n) is 4.88. The first kappa shape index (κ1) is 55.8. The normalized spacial score (nSPS) is 13.2. The highest BCUT2D eigenvalue weighted by Gasteiger charge is 2.36. The van der Waals surface area contributed by atoms with Crippen molar-refractivity contribution in [2.45, 2.75) is 83.1 Å². The van der Waals surface area contributed by atoms with E-state index in [1.54, 1.807) is 0 Å². The van der Waals surface area contributed by atoms with Crippen molar-refractivity contribution in [1.29, 1.82) is 0 Å². The number of ether oxygens (including phenoxy) is 4. The minimum atomic E-state index is -1.81. The van der Waals surface area contributed by atoms with E-state index in [-0.39, 0.29) is 65.8 Å². The van der Waals surface area contributed by atoms with Gasteiger partial charge in [0.05, 0.1) is 72.1 Å². The van der Waals surface area contributed by atoms with E-state index < -0.39 is 128 Å². The molecule has 0 spiro atoms. The van der Waals surface area contributed by atoms with Crippen molar-refractivity contribution in [3.63, 3.8) is 0 Å². The summed E-state index contributed by atoms with van der Waals surface area (Å²) in [5, 5.41) is 50.9. The molecule has 9 N–H and O–H groups in total. The third kappa shape index (κ3) is 25.5. The molecule has 0 aromatic heterocycles. The lowest BCUT2D eigenvalue weighted by Crippen LogP contribution is -2.60. The maximum atomic E-state index is 13.5. The van der Waals surface area contributed by atoms with Crippen LogP contribution < -0.4 is 26.6 Å². The predicted octanol–water partition coefficient (Wildman–Crippen LogP) is -2.79. The lowest BCUT2D eigenvalue weighted by molar-refractivity contribution is -0.146. The highest BCUT2D eigenvalue weighted by Crippen LogP contribution is 2.10. The molecule has 0 aromatic rings. The van der Waals surface area contributed by atoms with E-state index in [4.69, 9.17) is 29.6 Å². The van der Waals surface area contributed by atoms with E-state index in [2.05, 4.69) is 31.3 Å². The Morgan fingerprint density at radius 3 is 1.58 bits per heavy atom. The van der Waals surface area contributed by atoms with Crippen molar-refractivity contribution in [2.75, 3.05) is 73.0 Å². The molecule has 0 saturated carbocycles. The molecule has 27 heteroatoms. The van der Waals surface area contributed by atoms with E-state index in [9.17, 15) is 63.3 Å². The summed E-state index contributed by atoms with van der Waals surface area (Å²) in [5.41, 5.74) is 8.42. The van der Waals surface area contributed by atoms with Gasteiger partial charge in [-0.1, -0.05) is 19.0 Å². The number of carbonyl (C=O) groups is 10. The molecule has 62 heavy (non-hydrogen) atoms. The van der Waals surface area contributed by atoms with Gasteiger partial charge in [-0.3, -0.25) is 47.9 Å². The SMILES string of the molecule is CC(C)[C@H](NC(=O)[C@H](CCC(=O)O)NC(=O)[C@@H](CC(=O)O)NC(=O)CN=[N+]=[N-])C(=O)N[C@H](CC(=O)O)C(=O)N(C)[C@@H](C)C(=O)NCCOCCOCCOCCOCCC(=O)O. The van der Waals surface area contributed by atoms with Crippen LogP contribution in [-0.4, -0.2) is 188 Å². The number of carboxylic acid groups (broad SMARTS) is 4. The smallest absolute Gasteiger partial charge is 0.305 e. The number of amides is 6. The molecule has 0 aromatic carbocycles. The van der Waals surface area contributed by atoms with Crippen LogP contribution in [0.1, 0.15) is 52.9 Å². The highest BCUT2D eigenvalue weighted by molar-refractivity contribution is 5.98. The maximum Gasteiger partial charge on any atom is 0.305 e. The maximum absolute atomic E-state index is 13.5. The lowest BCUT2D eigenvalue weighted by atomic mass is 10.0. The van der Waals surface area contributed by atoms with Crippen LogP contribution in [0.5, 0.6) is 0 Å². The van der Waals surface area contributed by atoms with Crippen LogP contribution in [0.2, 0.25) is 0 Å². The van der Waals surface area contributed by atoms with Gasteiger partial charge in [-0.2, -0.15) is 0 Å². The largest absolute Gasteiger partial charge is 0.481 e. The Morgan fingerprint density at radius 1 is 0.597 bits per heavy atom. The van der Waals surface area contributed by atoms with Crippen molar-refractivity contribution in [3.05, 3.63) is 10.4 Å². The summed E-state index contributed by atoms with van der Waals surface area (Å²) in [4.78, 5) is 126. The van der Waals surface area contributed by atoms with Crippen LogP contribution in [0.3, 0.4) is 0 Å². The monoisotopic (exact) mass is 891 g/mol. The molecule has 6 amide bonds. The van der Waals surface area contributed by atoms with Gasteiger partial charge >= 0.3 is 23.9 Å². The second kappa shape index (κ2) is 31.7. The lowest BCUT2D eigenvalue weighted by Gasteiger charge is -2.30. The molecule has 5 atom stereocenters. The number of hydrogen-bond acceptors (Lipinski definition) is 15. The number of carboxylic acids is 4. The number of carbonyl (C=O) groups excluding carboxylic acids is 6. The zero-order valence-electron chi connectivity index (χ0n) is 34.9. The summed E-state index contributed by atoms with van der Waals surface area (Å²) in [6, 6.07) is -7.98. The van der Waals surface area contributed by atoms with Gasteiger partial charge in [0.25, 0.3) is 0 Å². The van der Waals surface area contributed by atoms with Gasteiger partial charge in [0.1, 0.15) is 36.8 Å². The highest BCUT2D eigenvalue weighted by atomic mass is 16.6. The predicted molar refractivity (Wildman–Crippen MR) is 209 cm³/mol. The van der Waals surface area contributed by atoms with E-state index in [0.29, 0.717) is 0 Å². The molecular formula is C35H57N9O18. The van der Waals surface area contributed by atoms with Crippen LogP contribution in [0.4, 0.5) is 0 Å². The minimum Gasteiger partial charge on any atom is -0.481 e. The number of azide groups is 1. The summed E-state index contributed by atoms with van der Waals surface area (Å²) >= 11 is 0. The number of rotatable bonds is 35. The van der Waals surface area contributed by atoms with Gasteiger partial charge in [0.2, 0.25) is 35.4 Å². The third-order valence-corrected chi connectivity index (χ3v) is 8.26. The van der Waals surface area contributed by atoms with Crippen molar-refractivity contribution >= 4 is 59.3 Å². The number of hydrogen-bond donors (Lipinski definition) is 9. The molecule has 0 aliphatic carbocycles. The van der Waals surface area contributed by atoms with Crippen LogP contribution in [0.15, 0.2) is 5.11 Å². The zero-order valence-corrected chi connectivity index (χ0v) is 34.9. The molecule has 0 fully saturated rings. The molecule has 0 aliphatic rings. The Hall–Kier alpha value is -6.15. The van der Waals surface area contributed by atoms with Crippen molar-refractivity contribution in [3.8, 4) is 0 Å². The fraction of sp³-hybridized carbons (Fsp3) is 0.714. The second-order valence-corrected chi connectivity index (χ2v) is 13.5. The average molecular weight is 892 g/mol. The van der Waals surface area contributed by atoms with E-state index in [0.717, 1.165) is 4.90 Å². The molecule has 27 nitrogen and oxygen atoms in total. The Kier molecular flexibility index (Phi) is 28.5. The molecule has 0 rings (SSSR count). The first-order valence-corrected chi connectivity index (χ1v) is 19.1. The molecule has 0 unspecified atom stereocenters. The summed E-state index contributed by atoms with van der Waals surface area (Å²) in [6.45, 7) is 5.13. The van der Waals surface area contributed by atoms with Gasteiger partial charge in [0.15, 0.2) is 0 Å². The van der Waals surface area contributed by atoms with E-state index in [1.165, 1.54) is 27.8 Å². The zero-order chi connectivity index (χ0) is 47.2. The number of nitrogens with zero attached hydrogens (tertiary/aromatic N) is 4. The Morgan fingerprint density at radius 2 is 1.08 bits per heavy atom. The van der Waals surface area contributed by atoms with E-state index >= 15 is 0 Å². The Bertz CT molecular complexity index is 1580. The molecule has 0 radical (unpaired) electrons. The summed E-state index contributed by atoms with van der Waals surface area (Å²) in [6.07, 6.45) is -3.31. The third-order valence-electron chi connectivity index (χ3n) is 8.26. The second-order valence-electron chi connectivity index (χ2n) is 13.5. The molecule has 0 heterocycles. The molecule has 0 bridgehead atoms. The minimum absolute atomic E-state index is 0.0292. The van der Waals surface area contributed by atoms with E-state index in [1.807, 2.05) is 5.32 Å². The van der Waals surface area contributed by atoms with Gasteiger partial charge in [-0.25, -0.2) is 0 Å². The number of likely N-dealkylation sites (N-methyl/N-ethyl adjacent to an activating group) is 1. The summed E-state index contributed by atoms with van der Waals surface area (Å²) in [5.74, 6) is -12.3. The van der Waals surface area contributed by atoms with Crippen LogP contribution in [0, 0.1) is 5.92 Å². The number of nitrogens with one attached hydrogen (secondary N) is 5. The topological polar surface area (TPSA) is 401 Å². The van der Waals surface area contributed by atoms with Crippen molar-refractivity contribution < 1.29 is 87.3 Å². The van der Waals surface area contributed by atoms with Gasteiger partial charge in [-0.05, 0) is 24.8 Å².